The van der Waals surface area contributed by atoms with Crippen LogP contribution in [0, 0.1) is 24.2 Å². The molecule has 0 heterocycles. The molecule has 1 aromatic rings. The molecule has 6 atom stereocenters. The van der Waals surface area contributed by atoms with Gasteiger partial charge in [-0.25, -0.2) is 0 Å². The Morgan fingerprint density at radius 1 is 0.829 bits per heavy atom. The van der Waals surface area contributed by atoms with E-state index in [-0.39, 0.29) is 35.2 Å². The molecular formula is C33H60O6Si2. The molecular weight excluding hydrogens is 549 g/mol. The fourth-order valence-electron chi connectivity index (χ4n) is 5.04. The molecule has 0 bridgehead atoms. The molecule has 0 saturated heterocycles. The van der Waals surface area contributed by atoms with Crippen molar-refractivity contribution in [1.29, 1.82) is 0 Å². The van der Waals surface area contributed by atoms with Crippen LogP contribution >= 0.6 is 0 Å². The lowest BCUT2D eigenvalue weighted by molar-refractivity contribution is -0.0788. The summed E-state index contributed by atoms with van der Waals surface area (Å²) >= 11 is 0. The number of methoxy groups -OCH3 is 3. The molecule has 0 aromatic heterocycles. The summed E-state index contributed by atoms with van der Waals surface area (Å²) in [4.78, 5) is 0. The van der Waals surface area contributed by atoms with E-state index in [0.29, 0.717) is 18.1 Å². The summed E-state index contributed by atoms with van der Waals surface area (Å²) in [5, 5.41) is 0.0479. The smallest absolute Gasteiger partial charge is 0.192 e. The highest BCUT2D eigenvalue weighted by molar-refractivity contribution is 6.74. The molecule has 0 radical (unpaired) electrons. The minimum absolute atomic E-state index is 0.0104. The van der Waals surface area contributed by atoms with Gasteiger partial charge in [-0.15, -0.1) is 6.42 Å². The zero-order valence-electron chi connectivity index (χ0n) is 28.6. The summed E-state index contributed by atoms with van der Waals surface area (Å²) in [6.45, 7) is 25.2. The molecule has 0 unspecified atom stereocenters. The molecule has 8 heteroatoms. The van der Waals surface area contributed by atoms with Crippen molar-refractivity contribution in [2.75, 3.05) is 21.3 Å². The van der Waals surface area contributed by atoms with Gasteiger partial charge < -0.3 is 27.8 Å². The lowest BCUT2D eigenvalue weighted by Crippen LogP contribution is -2.55. The van der Waals surface area contributed by atoms with Crippen LogP contribution in [0.25, 0.3) is 0 Å². The number of rotatable bonds is 18. The predicted molar refractivity (Wildman–Crippen MR) is 176 cm³/mol. The normalized spacial score (nSPS) is 17.2. The topological polar surface area (TPSA) is 55.4 Å². The van der Waals surface area contributed by atoms with Crippen molar-refractivity contribution in [1.82, 2.24) is 0 Å². The van der Waals surface area contributed by atoms with Gasteiger partial charge >= 0.3 is 0 Å². The standard InChI is InChI=1S/C33H60O6Si2/c1-16-28(34-11)32(39-41(17-2,18-3)19-4)25(6)31(38-40(14,15)33(8,9)10)24(5)26(7)37-23-27-20-21-29(35-12)30(22-27)36-13/h1,20-22,24-26,28,31-32H,17-19,23H2,2-15H3/t24-,25+,26-,28+,31+,32-/m1/s1. The van der Waals surface area contributed by atoms with Crippen LogP contribution in [0.5, 0.6) is 11.5 Å². The highest BCUT2D eigenvalue weighted by Gasteiger charge is 2.46. The Bertz CT molecular complexity index is 942. The van der Waals surface area contributed by atoms with Gasteiger partial charge in [-0.05, 0) is 60.9 Å². The van der Waals surface area contributed by atoms with Gasteiger partial charge in [0.2, 0.25) is 0 Å². The van der Waals surface area contributed by atoms with E-state index in [1.807, 2.05) is 18.2 Å². The summed E-state index contributed by atoms with van der Waals surface area (Å²) in [5.41, 5.74) is 1.02. The molecule has 1 aromatic carbocycles. The van der Waals surface area contributed by atoms with Crippen molar-refractivity contribution in [3.8, 4) is 23.8 Å². The van der Waals surface area contributed by atoms with Crippen molar-refractivity contribution in [3.05, 3.63) is 23.8 Å². The molecule has 1 rings (SSSR count). The number of terminal acetylenes is 1. The largest absolute Gasteiger partial charge is 0.493 e. The van der Waals surface area contributed by atoms with Gasteiger partial charge in [0, 0.05) is 18.9 Å². The number of hydrogen-bond donors (Lipinski definition) is 0. The minimum atomic E-state index is -2.16. The maximum Gasteiger partial charge on any atom is 0.192 e. The van der Waals surface area contributed by atoms with E-state index in [4.69, 9.17) is 34.2 Å². The highest BCUT2D eigenvalue weighted by atomic mass is 28.4. The first-order valence-electron chi connectivity index (χ1n) is 15.3. The first-order valence-corrected chi connectivity index (χ1v) is 20.7. The summed E-state index contributed by atoms with van der Waals surface area (Å²) in [5.74, 6) is 4.34. The van der Waals surface area contributed by atoms with Gasteiger partial charge in [0.25, 0.3) is 0 Å². The Morgan fingerprint density at radius 3 is 1.83 bits per heavy atom. The second-order valence-electron chi connectivity index (χ2n) is 12.9. The van der Waals surface area contributed by atoms with E-state index in [9.17, 15) is 0 Å². The van der Waals surface area contributed by atoms with Gasteiger partial charge in [-0.2, -0.15) is 0 Å². The molecule has 236 valence electrons. The Hall–Kier alpha value is -1.35. The van der Waals surface area contributed by atoms with Crippen molar-refractivity contribution in [2.45, 2.75) is 130 Å². The Balaban J connectivity index is 3.43. The van der Waals surface area contributed by atoms with Crippen LogP contribution in [0.2, 0.25) is 36.3 Å². The maximum atomic E-state index is 7.24. The molecule has 0 spiro atoms. The molecule has 0 N–H and O–H groups in total. The summed E-state index contributed by atoms with van der Waals surface area (Å²) in [7, 11) is 0.821. The number of benzene rings is 1. The maximum absolute atomic E-state index is 7.24. The Kier molecular flexibility index (Phi) is 15.2. The van der Waals surface area contributed by atoms with E-state index in [0.717, 1.165) is 23.7 Å². The molecule has 0 saturated carbocycles. The number of hydrogen-bond acceptors (Lipinski definition) is 6. The highest BCUT2D eigenvalue weighted by Crippen LogP contribution is 2.41. The molecule has 0 aliphatic heterocycles. The van der Waals surface area contributed by atoms with Gasteiger partial charge in [-0.3, -0.25) is 0 Å². The average molecular weight is 609 g/mol. The van der Waals surface area contributed by atoms with Crippen molar-refractivity contribution in [2.24, 2.45) is 11.8 Å². The van der Waals surface area contributed by atoms with Crippen LogP contribution in [0.3, 0.4) is 0 Å². The first-order chi connectivity index (χ1) is 19.1. The Labute approximate surface area is 254 Å². The van der Waals surface area contributed by atoms with E-state index < -0.39 is 22.7 Å². The molecule has 0 fully saturated rings. The zero-order chi connectivity index (χ0) is 31.6. The van der Waals surface area contributed by atoms with Gasteiger partial charge in [-0.1, -0.05) is 67.4 Å². The molecule has 0 aliphatic rings. The summed E-state index contributed by atoms with van der Waals surface area (Å²) < 4.78 is 37.6. The fourth-order valence-corrected chi connectivity index (χ4v) is 9.42. The van der Waals surface area contributed by atoms with E-state index in [1.54, 1.807) is 21.3 Å². The van der Waals surface area contributed by atoms with Crippen LogP contribution in [0.4, 0.5) is 0 Å². The van der Waals surface area contributed by atoms with Crippen LogP contribution in [0.1, 0.15) is 67.9 Å². The summed E-state index contributed by atoms with van der Waals surface area (Å²) in [6.07, 6.45) is 5.09. The first kappa shape index (κ1) is 37.7. The molecule has 0 amide bonds. The fraction of sp³-hybridized carbons (Fsp3) is 0.758. The number of ether oxygens (including phenoxy) is 4. The second-order valence-corrected chi connectivity index (χ2v) is 22.4. The monoisotopic (exact) mass is 608 g/mol. The minimum Gasteiger partial charge on any atom is -0.493 e. The molecule has 41 heavy (non-hydrogen) atoms. The van der Waals surface area contributed by atoms with E-state index in [2.05, 4.69) is 81.3 Å². The van der Waals surface area contributed by atoms with E-state index in [1.165, 1.54) is 0 Å². The van der Waals surface area contributed by atoms with Gasteiger partial charge in [0.1, 0.15) is 6.10 Å². The summed E-state index contributed by atoms with van der Waals surface area (Å²) in [6, 6.07) is 9.01. The van der Waals surface area contributed by atoms with Crippen LogP contribution < -0.4 is 9.47 Å². The lowest BCUT2D eigenvalue weighted by Gasteiger charge is -2.47. The molecule has 0 aliphatic carbocycles. The second kappa shape index (κ2) is 16.5. The van der Waals surface area contributed by atoms with Crippen molar-refractivity contribution >= 4 is 16.6 Å². The predicted octanol–water partition coefficient (Wildman–Crippen LogP) is 8.31. The Morgan fingerprint density at radius 2 is 1.39 bits per heavy atom. The molecule has 6 nitrogen and oxygen atoms in total. The lowest BCUT2D eigenvalue weighted by atomic mass is 9.85. The SMILES string of the molecule is C#C[C@H](OC)[C@H](O[Si](CC)(CC)CC)[C@@H](C)[C@@H](O[Si](C)(C)C(C)(C)C)[C@H](C)[C@@H](C)OCc1ccc(OC)c(OC)c1. The average Bonchev–Trinajstić information content (AvgIpc) is 2.95. The quantitative estimate of drug-likeness (QED) is 0.123. The van der Waals surface area contributed by atoms with Crippen molar-refractivity contribution < 1.29 is 27.8 Å². The van der Waals surface area contributed by atoms with Crippen LogP contribution in [-0.2, 0) is 24.9 Å². The van der Waals surface area contributed by atoms with Crippen LogP contribution in [-0.4, -0.2) is 62.4 Å². The van der Waals surface area contributed by atoms with Gasteiger partial charge in [0.05, 0.1) is 39.1 Å². The third-order valence-corrected chi connectivity index (χ3v) is 18.6. The third kappa shape index (κ3) is 9.84. The van der Waals surface area contributed by atoms with Gasteiger partial charge in [0.15, 0.2) is 28.1 Å². The third-order valence-electron chi connectivity index (χ3n) is 9.53. The van der Waals surface area contributed by atoms with Crippen molar-refractivity contribution in [3.63, 3.8) is 0 Å². The zero-order valence-corrected chi connectivity index (χ0v) is 30.6. The van der Waals surface area contributed by atoms with Crippen LogP contribution in [0.15, 0.2) is 18.2 Å². The van der Waals surface area contributed by atoms with E-state index >= 15 is 0 Å².